The number of hydrogen-bond acceptors (Lipinski definition) is 3. The van der Waals surface area contributed by atoms with E-state index in [9.17, 15) is 14.7 Å². The van der Waals surface area contributed by atoms with Crippen LogP contribution >= 0.6 is 0 Å². The lowest BCUT2D eigenvalue weighted by atomic mass is 10.1. The number of aromatic carboxylic acids is 1. The Morgan fingerprint density at radius 1 is 1.05 bits per heavy atom. The molecule has 104 valence electrons. The molecule has 0 saturated heterocycles. The van der Waals surface area contributed by atoms with Gasteiger partial charge in [0.15, 0.2) is 0 Å². The largest absolute Gasteiger partial charge is 0.478 e. The van der Waals surface area contributed by atoms with Crippen LogP contribution in [0.1, 0.15) is 22.3 Å². The van der Waals surface area contributed by atoms with Crippen LogP contribution in [-0.4, -0.2) is 22.7 Å². The monoisotopic (exact) mass is 280 g/mol. The van der Waals surface area contributed by atoms with Crippen molar-refractivity contribution in [3.05, 3.63) is 65.7 Å². The summed E-state index contributed by atoms with van der Waals surface area (Å²) in [6.07, 6.45) is 0.165. The molecular formula is C16H12N2O3. The van der Waals surface area contributed by atoms with Gasteiger partial charge in [-0.15, -0.1) is 0 Å². The number of para-hydroxylation sites is 1. The zero-order valence-electron chi connectivity index (χ0n) is 11.1. The smallest absolute Gasteiger partial charge is 0.337 e. The lowest BCUT2D eigenvalue weighted by Crippen LogP contribution is -2.21. The third-order valence-corrected chi connectivity index (χ3v) is 3.25. The van der Waals surface area contributed by atoms with Gasteiger partial charge in [-0.3, -0.25) is 4.79 Å². The predicted molar refractivity (Wildman–Crippen MR) is 78.5 cm³/mol. The molecule has 0 atom stereocenters. The standard InChI is InChI=1S/C16H12N2O3/c19-15-10-13(11-6-2-1-3-7-11)17-18(15)14-9-5-4-8-12(14)16(20)21/h1-9H,10H2,(H,20,21). The summed E-state index contributed by atoms with van der Waals surface area (Å²) >= 11 is 0. The molecule has 5 heteroatoms. The summed E-state index contributed by atoms with van der Waals surface area (Å²) in [6.45, 7) is 0. The molecule has 0 aliphatic carbocycles. The molecule has 3 rings (SSSR count). The van der Waals surface area contributed by atoms with Crippen molar-refractivity contribution in [3.8, 4) is 0 Å². The van der Waals surface area contributed by atoms with E-state index in [1.807, 2.05) is 30.3 Å². The first-order chi connectivity index (χ1) is 10.2. The van der Waals surface area contributed by atoms with Crippen LogP contribution in [0.5, 0.6) is 0 Å². The highest BCUT2D eigenvalue weighted by Crippen LogP contribution is 2.26. The summed E-state index contributed by atoms with van der Waals surface area (Å²) in [5.41, 5.74) is 1.85. The molecule has 21 heavy (non-hydrogen) atoms. The van der Waals surface area contributed by atoms with Crippen molar-refractivity contribution >= 4 is 23.3 Å². The van der Waals surface area contributed by atoms with E-state index in [1.54, 1.807) is 18.2 Å². The maximum absolute atomic E-state index is 12.2. The number of anilines is 1. The second-order valence-electron chi connectivity index (χ2n) is 4.62. The third-order valence-electron chi connectivity index (χ3n) is 3.25. The minimum atomic E-state index is -1.08. The first kappa shape index (κ1) is 13.1. The molecule has 0 unspecified atom stereocenters. The van der Waals surface area contributed by atoms with Crippen LogP contribution in [0.15, 0.2) is 59.7 Å². The minimum Gasteiger partial charge on any atom is -0.478 e. The molecule has 0 bridgehead atoms. The Bertz CT molecular complexity index is 738. The summed E-state index contributed by atoms with van der Waals surface area (Å²) in [6, 6.07) is 15.7. The number of hydrazone groups is 1. The molecule has 0 aromatic heterocycles. The zero-order chi connectivity index (χ0) is 14.8. The topological polar surface area (TPSA) is 70.0 Å². The average Bonchev–Trinajstić information content (AvgIpc) is 2.90. The van der Waals surface area contributed by atoms with Gasteiger partial charge < -0.3 is 5.11 Å². The summed E-state index contributed by atoms with van der Waals surface area (Å²) in [4.78, 5) is 23.4. The molecular weight excluding hydrogens is 268 g/mol. The van der Waals surface area contributed by atoms with Crippen LogP contribution in [0, 0.1) is 0 Å². The van der Waals surface area contributed by atoms with Gasteiger partial charge in [-0.05, 0) is 17.7 Å². The summed E-state index contributed by atoms with van der Waals surface area (Å²) in [5, 5.41) is 14.7. The lowest BCUT2D eigenvalue weighted by Gasteiger charge is -2.13. The Hall–Kier alpha value is -2.95. The van der Waals surface area contributed by atoms with E-state index in [0.717, 1.165) is 5.56 Å². The number of hydrogen-bond donors (Lipinski definition) is 1. The average molecular weight is 280 g/mol. The highest BCUT2D eigenvalue weighted by atomic mass is 16.4. The number of carboxylic acids is 1. The van der Waals surface area contributed by atoms with Gasteiger partial charge in [-0.2, -0.15) is 10.1 Å². The Morgan fingerprint density at radius 3 is 2.43 bits per heavy atom. The second-order valence-corrected chi connectivity index (χ2v) is 4.62. The molecule has 0 saturated carbocycles. The first-order valence-electron chi connectivity index (χ1n) is 6.45. The SMILES string of the molecule is O=C(O)c1ccccc1N1N=C(c2ccccc2)CC1=O. The van der Waals surface area contributed by atoms with Crippen LogP contribution in [0.4, 0.5) is 5.69 Å². The van der Waals surface area contributed by atoms with Crippen molar-refractivity contribution in [2.24, 2.45) is 5.10 Å². The van der Waals surface area contributed by atoms with E-state index < -0.39 is 5.97 Å². The van der Waals surface area contributed by atoms with Crippen molar-refractivity contribution < 1.29 is 14.7 Å². The molecule has 2 aromatic carbocycles. The molecule has 0 spiro atoms. The second kappa shape index (κ2) is 5.20. The fourth-order valence-corrected chi connectivity index (χ4v) is 2.25. The van der Waals surface area contributed by atoms with Gasteiger partial charge in [0, 0.05) is 0 Å². The van der Waals surface area contributed by atoms with E-state index in [0.29, 0.717) is 11.4 Å². The van der Waals surface area contributed by atoms with E-state index in [1.165, 1.54) is 11.1 Å². The molecule has 0 fully saturated rings. The molecule has 1 aliphatic rings. The molecule has 5 nitrogen and oxygen atoms in total. The minimum absolute atomic E-state index is 0.0592. The van der Waals surface area contributed by atoms with Gasteiger partial charge in [0.05, 0.1) is 23.4 Å². The van der Waals surface area contributed by atoms with E-state index in [4.69, 9.17) is 0 Å². The fourth-order valence-electron chi connectivity index (χ4n) is 2.25. The number of carboxylic acid groups (broad SMARTS) is 1. The van der Waals surface area contributed by atoms with Crippen LogP contribution in [0.25, 0.3) is 0 Å². The molecule has 0 radical (unpaired) electrons. The number of carbonyl (C=O) groups excluding carboxylic acids is 1. The summed E-state index contributed by atoms with van der Waals surface area (Å²) in [7, 11) is 0. The van der Waals surface area contributed by atoms with Crippen molar-refractivity contribution in [1.29, 1.82) is 0 Å². The van der Waals surface area contributed by atoms with Gasteiger partial charge in [-0.25, -0.2) is 4.79 Å². The summed E-state index contributed by atoms with van der Waals surface area (Å²) < 4.78 is 0. The maximum Gasteiger partial charge on any atom is 0.337 e. The van der Waals surface area contributed by atoms with Gasteiger partial charge >= 0.3 is 5.97 Å². The molecule has 1 N–H and O–H groups in total. The quantitative estimate of drug-likeness (QED) is 0.939. The Balaban J connectivity index is 2.02. The number of rotatable bonds is 3. The third kappa shape index (κ3) is 2.41. The molecule has 1 amide bonds. The van der Waals surface area contributed by atoms with Crippen LogP contribution in [-0.2, 0) is 4.79 Å². The zero-order valence-corrected chi connectivity index (χ0v) is 11.1. The molecule has 1 aliphatic heterocycles. The van der Waals surface area contributed by atoms with Crippen LogP contribution in [0.3, 0.4) is 0 Å². The molecule has 1 heterocycles. The van der Waals surface area contributed by atoms with E-state index >= 15 is 0 Å². The highest BCUT2D eigenvalue weighted by molar-refractivity contribution is 6.20. The first-order valence-corrected chi connectivity index (χ1v) is 6.45. The van der Waals surface area contributed by atoms with Gasteiger partial charge in [0.1, 0.15) is 0 Å². The Kier molecular flexibility index (Phi) is 3.23. The predicted octanol–water partition coefficient (Wildman–Crippen LogP) is 2.53. The van der Waals surface area contributed by atoms with Crippen molar-refractivity contribution in [2.75, 3.05) is 5.01 Å². The number of nitrogens with zero attached hydrogens (tertiary/aromatic N) is 2. The Morgan fingerprint density at radius 2 is 1.71 bits per heavy atom. The number of amides is 1. The van der Waals surface area contributed by atoms with Crippen molar-refractivity contribution in [1.82, 2.24) is 0 Å². The van der Waals surface area contributed by atoms with Gasteiger partial charge in [0.2, 0.25) is 0 Å². The summed E-state index contributed by atoms with van der Waals surface area (Å²) in [5.74, 6) is -1.32. The maximum atomic E-state index is 12.2. The fraction of sp³-hybridized carbons (Fsp3) is 0.0625. The highest BCUT2D eigenvalue weighted by Gasteiger charge is 2.28. The van der Waals surface area contributed by atoms with Crippen molar-refractivity contribution in [2.45, 2.75) is 6.42 Å². The lowest BCUT2D eigenvalue weighted by molar-refractivity contribution is -0.116. The normalized spacial score (nSPS) is 14.2. The van der Waals surface area contributed by atoms with Gasteiger partial charge in [0.25, 0.3) is 5.91 Å². The van der Waals surface area contributed by atoms with E-state index in [-0.39, 0.29) is 17.9 Å². The van der Waals surface area contributed by atoms with Crippen LogP contribution in [0.2, 0.25) is 0 Å². The van der Waals surface area contributed by atoms with Gasteiger partial charge in [-0.1, -0.05) is 42.5 Å². The van der Waals surface area contributed by atoms with Crippen LogP contribution < -0.4 is 5.01 Å². The Labute approximate surface area is 121 Å². The van der Waals surface area contributed by atoms with Crippen molar-refractivity contribution in [3.63, 3.8) is 0 Å². The number of carbonyl (C=O) groups is 2. The van der Waals surface area contributed by atoms with E-state index in [2.05, 4.69) is 5.10 Å². The number of benzene rings is 2. The molecule has 2 aromatic rings.